The second kappa shape index (κ2) is 6.04. The Morgan fingerprint density at radius 3 is 2.96 bits per heavy atom. The van der Waals surface area contributed by atoms with Gasteiger partial charge >= 0.3 is 5.69 Å². The minimum absolute atomic E-state index is 0.0283. The van der Waals surface area contributed by atoms with Crippen LogP contribution in [-0.2, 0) is 11.2 Å². The Bertz CT molecular complexity index is 776. The van der Waals surface area contributed by atoms with E-state index in [1.54, 1.807) is 0 Å². The molecule has 2 heterocycles. The number of carbonyl (C=O) groups is 1. The molecule has 1 aromatic heterocycles. The van der Waals surface area contributed by atoms with E-state index in [1.807, 2.05) is 25.1 Å². The van der Waals surface area contributed by atoms with Gasteiger partial charge in [-0.25, -0.2) is 4.98 Å². The van der Waals surface area contributed by atoms with Crippen molar-refractivity contribution in [3.63, 3.8) is 0 Å². The van der Waals surface area contributed by atoms with E-state index in [-0.39, 0.29) is 23.5 Å². The van der Waals surface area contributed by atoms with E-state index in [1.165, 1.54) is 18.3 Å². The average molecular weight is 312 g/mol. The van der Waals surface area contributed by atoms with Crippen molar-refractivity contribution in [3.05, 3.63) is 57.8 Å². The predicted octanol–water partition coefficient (Wildman–Crippen LogP) is 3.05. The summed E-state index contributed by atoms with van der Waals surface area (Å²) in [7, 11) is 0. The maximum Gasteiger partial charge on any atom is 0.311 e. The lowest BCUT2D eigenvalue weighted by molar-refractivity contribution is -0.384. The summed E-state index contributed by atoms with van der Waals surface area (Å²) in [5.74, 6) is 0.275. The highest BCUT2D eigenvalue weighted by molar-refractivity contribution is 5.93. The molecule has 7 heteroatoms. The Balaban J connectivity index is 1.83. The van der Waals surface area contributed by atoms with E-state index in [9.17, 15) is 14.9 Å². The lowest BCUT2D eigenvalue weighted by atomic mass is 9.98. The molecule has 1 aliphatic rings. The number of aromatic nitrogens is 1. The molecule has 0 bridgehead atoms. The van der Waals surface area contributed by atoms with Gasteiger partial charge in [-0.15, -0.1) is 0 Å². The van der Waals surface area contributed by atoms with Crippen LogP contribution in [0.15, 0.2) is 36.5 Å². The quantitative estimate of drug-likeness (QED) is 0.668. The molecule has 1 atom stereocenters. The van der Waals surface area contributed by atoms with Gasteiger partial charge in [-0.1, -0.05) is 12.1 Å². The first-order valence-corrected chi connectivity index (χ1v) is 7.33. The number of nitrogens with zero attached hydrogens (tertiary/aromatic N) is 2. The third kappa shape index (κ3) is 3.13. The van der Waals surface area contributed by atoms with Crippen LogP contribution < -0.4 is 10.6 Å². The van der Waals surface area contributed by atoms with Crippen molar-refractivity contribution in [3.8, 4) is 0 Å². The molecule has 0 aliphatic carbocycles. The molecule has 23 heavy (non-hydrogen) atoms. The Morgan fingerprint density at radius 2 is 2.17 bits per heavy atom. The average Bonchev–Trinajstić information content (AvgIpc) is 2.54. The van der Waals surface area contributed by atoms with Crippen LogP contribution in [-0.4, -0.2) is 15.8 Å². The van der Waals surface area contributed by atoms with Crippen LogP contribution in [0, 0.1) is 10.1 Å². The molecule has 2 N–H and O–H groups in total. The topological polar surface area (TPSA) is 97.2 Å². The molecular formula is C16H16N4O3. The fourth-order valence-electron chi connectivity index (χ4n) is 2.62. The number of hydrogen-bond donors (Lipinski definition) is 2. The lowest BCUT2D eigenvalue weighted by Crippen LogP contribution is -2.19. The number of rotatable bonds is 4. The van der Waals surface area contributed by atoms with Crippen molar-refractivity contribution >= 4 is 23.1 Å². The van der Waals surface area contributed by atoms with Crippen molar-refractivity contribution in [1.29, 1.82) is 0 Å². The Morgan fingerprint density at radius 1 is 1.35 bits per heavy atom. The van der Waals surface area contributed by atoms with Crippen molar-refractivity contribution in [2.24, 2.45) is 0 Å². The van der Waals surface area contributed by atoms with Crippen LogP contribution >= 0.6 is 0 Å². The molecule has 118 valence electrons. The summed E-state index contributed by atoms with van der Waals surface area (Å²) >= 11 is 0. The zero-order valence-corrected chi connectivity index (χ0v) is 12.6. The van der Waals surface area contributed by atoms with Crippen molar-refractivity contribution in [1.82, 2.24) is 4.98 Å². The summed E-state index contributed by atoms with van der Waals surface area (Å²) in [5, 5.41) is 17.0. The molecule has 0 saturated heterocycles. The first-order valence-electron chi connectivity index (χ1n) is 7.33. The molecule has 0 saturated carbocycles. The number of aryl methyl sites for hydroxylation is 1. The van der Waals surface area contributed by atoms with Gasteiger partial charge in [0.15, 0.2) is 0 Å². The second-order valence-corrected chi connectivity index (χ2v) is 5.46. The Labute approximate surface area is 132 Å². The standard InChI is InChI=1S/C16H16N4O3/c1-10(18-16-14(20(22)23)3-2-8-17-16)11-4-6-13-12(9-11)5-7-15(21)19-13/h2-4,6,8-10H,5,7H2,1H3,(H,17,18)(H,19,21)/t10-/m1/s1. The van der Waals surface area contributed by atoms with Gasteiger partial charge in [-0.3, -0.25) is 14.9 Å². The van der Waals surface area contributed by atoms with Crippen molar-refractivity contribution < 1.29 is 9.72 Å². The van der Waals surface area contributed by atoms with E-state index < -0.39 is 4.92 Å². The number of nitro groups is 1. The van der Waals surface area contributed by atoms with Crippen LogP contribution in [0.3, 0.4) is 0 Å². The van der Waals surface area contributed by atoms with Crippen LogP contribution in [0.1, 0.15) is 30.5 Å². The maximum atomic E-state index is 11.4. The summed E-state index contributed by atoms with van der Waals surface area (Å²) in [6.07, 6.45) is 2.69. The summed E-state index contributed by atoms with van der Waals surface area (Å²) in [4.78, 5) is 26.0. The molecular weight excluding hydrogens is 296 g/mol. The van der Waals surface area contributed by atoms with Crippen molar-refractivity contribution in [2.75, 3.05) is 10.6 Å². The number of nitrogens with one attached hydrogen (secondary N) is 2. The number of benzene rings is 1. The molecule has 0 unspecified atom stereocenters. The predicted molar refractivity (Wildman–Crippen MR) is 86.3 cm³/mol. The Hall–Kier alpha value is -2.96. The van der Waals surface area contributed by atoms with Gasteiger partial charge in [0.05, 0.1) is 11.0 Å². The number of hydrogen-bond acceptors (Lipinski definition) is 5. The fourth-order valence-corrected chi connectivity index (χ4v) is 2.62. The number of carbonyl (C=O) groups excluding carboxylic acids is 1. The monoisotopic (exact) mass is 312 g/mol. The highest BCUT2D eigenvalue weighted by Gasteiger charge is 2.19. The largest absolute Gasteiger partial charge is 0.358 e. The van der Waals surface area contributed by atoms with Gasteiger partial charge in [0, 0.05) is 24.4 Å². The molecule has 0 spiro atoms. The van der Waals surface area contributed by atoms with Crippen LogP contribution in [0.25, 0.3) is 0 Å². The van der Waals surface area contributed by atoms with Crippen molar-refractivity contribution in [2.45, 2.75) is 25.8 Å². The van der Waals surface area contributed by atoms with Crippen LogP contribution in [0.2, 0.25) is 0 Å². The maximum absolute atomic E-state index is 11.4. The van der Waals surface area contributed by atoms with Crippen LogP contribution in [0.5, 0.6) is 0 Å². The number of amides is 1. The van der Waals surface area contributed by atoms with Gasteiger partial charge in [0.2, 0.25) is 11.7 Å². The fraction of sp³-hybridized carbons (Fsp3) is 0.250. The van der Waals surface area contributed by atoms with Gasteiger partial charge in [0.1, 0.15) is 0 Å². The first kappa shape index (κ1) is 15.0. The molecule has 1 amide bonds. The third-order valence-corrected chi connectivity index (χ3v) is 3.86. The van der Waals surface area contributed by atoms with Gasteiger partial charge in [-0.05, 0) is 36.6 Å². The number of pyridine rings is 1. The number of fused-ring (bicyclic) bond motifs is 1. The summed E-state index contributed by atoms with van der Waals surface area (Å²) in [6, 6.07) is 8.59. The molecule has 1 aliphatic heterocycles. The second-order valence-electron chi connectivity index (χ2n) is 5.46. The van der Waals surface area contributed by atoms with Gasteiger partial charge in [-0.2, -0.15) is 0 Å². The lowest BCUT2D eigenvalue weighted by Gasteiger charge is -2.20. The molecule has 0 radical (unpaired) electrons. The first-order chi connectivity index (χ1) is 11.0. The molecule has 7 nitrogen and oxygen atoms in total. The van der Waals surface area contributed by atoms with E-state index in [4.69, 9.17) is 0 Å². The molecule has 1 aromatic carbocycles. The minimum atomic E-state index is -0.454. The van der Waals surface area contributed by atoms with E-state index >= 15 is 0 Å². The van der Waals surface area contributed by atoms with E-state index in [0.717, 1.165) is 16.8 Å². The molecule has 0 fully saturated rings. The summed E-state index contributed by atoms with van der Waals surface area (Å²) in [6.45, 7) is 1.92. The van der Waals surface area contributed by atoms with Crippen LogP contribution in [0.4, 0.5) is 17.2 Å². The zero-order valence-electron chi connectivity index (χ0n) is 12.6. The minimum Gasteiger partial charge on any atom is -0.358 e. The summed E-state index contributed by atoms with van der Waals surface area (Å²) in [5.41, 5.74) is 2.84. The number of anilines is 2. The zero-order chi connectivity index (χ0) is 16.4. The third-order valence-electron chi connectivity index (χ3n) is 3.86. The molecule has 3 rings (SSSR count). The van der Waals surface area contributed by atoms with Gasteiger partial charge in [0.25, 0.3) is 0 Å². The SMILES string of the molecule is C[C@@H](Nc1ncccc1[N+](=O)[O-])c1ccc2c(c1)CCC(=O)N2. The highest BCUT2D eigenvalue weighted by atomic mass is 16.6. The Kier molecular flexibility index (Phi) is 3.92. The smallest absolute Gasteiger partial charge is 0.311 e. The van der Waals surface area contributed by atoms with Gasteiger partial charge < -0.3 is 10.6 Å². The molecule has 2 aromatic rings. The highest BCUT2D eigenvalue weighted by Crippen LogP contribution is 2.29. The van der Waals surface area contributed by atoms with E-state index in [0.29, 0.717) is 12.8 Å². The normalized spacial score (nSPS) is 14.6. The summed E-state index contributed by atoms with van der Waals surface area (Å²) < 4.78 is 0. The van der Waals surface area contributed by atoms with E-state index in [2.05, 4.69) is 15.6 Å².